The molecule has 222 valence electrons. The molecule has 1 amide bonds. The highest BCUT2D eigenvalue weighted by Crippen LogP contribution is 2.26. The van der Waals surface area contributed by atoms with Crippen molar-refractivity contribution in [2.45, 2.75) is 104 Å². The van der Waals surface area contributed by atoms with E-state index in [1.54, 1.807) is 0 Å². The summed E-state index contributed by atoms with van der Waals surface area (Å²) in [5.41, 5.74) is 2.82. The van der Waals surface area contributed by atoms with Gasteiger partial charge < -0.3 is 15.0 Å². The van der Waals surface area contributed by atoms with E-state index in [0.717, 1.165) is 35.8 Å². The van der Waals surface area contributed by atoms with E-state index in [9.17, 15) is 4.79 Å². The van der Waals surface area contributed by atoms with Gasteiger partial charge in [0.15, 0.2) is 0 Å². The normalized spacial score (nSPS) is 12.7. The Morgan fingerprint density at radius 3 is 2.12 bits per heavy atom. The summed E-state index contributed by atoms with van der Waals surface area (Å²) in [6.45, 7) is 5.99. The van der Waals surface area contributed by atoms with Gasteiger partial charge in [0.05, 0.1) is 18.9 Å². The smallest absolute Gasteiger partial charge is 0.228 e. The van der Waals surface area contributed by atoms with E-state index in [0.29, 0.717) is 11.6 Å². The maximum atomic E-state index is 12.6. The minimum Gasteiger partial charge on any atom is -0.494 e. The zero-order valence-electron chi connectivity index (χ0n) is 24.4. The number of allylic oxidation sites excluding steroid dienone is 1. The summed E-state index contributed by atoms with van der Waals surface area (Å²) in [5, 5.41) is 3.55. The van der Waals surface area contributed by atoms with Crippen LogP contribution in [0.3, 0.4) is 0 Å². The Labute approximate surface area is 262 Å². The lowest BCUT2D eigenvalue weighted by atomic mass is 10.1. The van der Waals surface area contributed by atoms with Gasteiger partial charge in [-0.1, -0.05) is 107 Å². The quantitative estimate of drug-likeness (QED) is 0.154. The van der Waals surface area contributed by atoms with Crippen molar-refractivity contribution in [1.82, 2.24) is 4.90 Å². The number of anilines is 1. The van der Waals surface area contributed by atoms with Crippen molar-refractivity contribution in [1.29, 1.82) is 0 Å². The molecule has 0 radical (unpaired) electrons. The Bertz CT molecular complexity index is 1030. The van der Waals surface area contributed by atoms with Crippen molar-refractivity contribution in [3.8, 4) is 5.75 Å². The number of nitrogens with one attached hydrogen (secondary N) is 1. The van der Waals surface area contributed by atoms with Crippen molar-refractivity contribution in [3.05, 3.63) is 69.7 Å². The van der Waals surface area contributed by atoms with Crippen LogP contribution in [0.2, 0.25) is 5.02 Å². The van der Waals surface area contributed by atoms with Crippen LogP contribution in [0.25, 0.3) is 0 Å². The highest BCUT2D eigenvalue weighted by Gasteiger charge is 2.11. The number of hydrogen-bond acceptors (Lipinski definition) is 4. The van der Waals surface area contributed by atoms with Crippen LogP contribution in [0.15, 0.2) is 53.6 Å². The monoisotopic (exact) mass is 650 g/mol. The van der Waals surface area contributed by atoms with E-state index in [-0.39, 0.29) is 29.3 Å². The second-order valence-corrected chi connectivity index (χ2v) is 12.3. The van der Waals surface area contributed by atoms with Crippen LogP contribution in [0, 0.1) is 0 Å². The van der Waals surface area contributed by atoms with Gasteiger partial charge in [0.1, 0.15) is 5.75 Å². The summed E-state index contributed by atoms with van der Waals surface area (Å²) in [4.78, 5) is 16.2. The predicted molar refractivity (Wildman–Crippen MR) is 179 cm³/mol. The molecular weight excluding hydrogens is 604 g/mol. The van der Waals surface area contributed by atoms with Crippen LogP contribution >= 0.6 is 40.3 Å². The molecule has 4 nitrogen and oxygen atoms in total. The molecule has 1 aliphatic heterocycles. The number of ether oxygens (including phenoxy) is 1. The van der Waals surface area contributed by atoms with Crippen LogP contribution < -0.4 is 10.1 Å². The highest BCUT2D eigenvalue weighted by atomic mass is 79.9. The van der Waals surface area contributed by atoms with Crippen molar-refractivity contribution < 1.29 is 9.53 Å². The molecule has 40 heavy (non-hydrogen) atoms. The van der Waals surface area contributed by atoms with Crippen LogP contribution in [-0.4, -0.2) is 23.3 Å². The van der Waals surface area contributed by atoms with Crippen molar-refractivity contribution in [3.63, 3.8) is 0 Å². The molecule has 0 fully saturated rings. The van der Waals surface area contributed by atoms with Crippen molar-refractivity contribution in [2.75, 3.05) is 17.8 Å². The molecule has 7 heteroatoms. The number of carbonyl (C=O) groups is 1. The zero-order valence-corrected chi connectivity index (χ0v) is 27.7. The van der Waals surface area contributed by atoms with E-state index in [1.807, 2.05) is 42.1 Å². The summed E-state index contributed by atoms with van der Waals surface area (Å²) in [6.07, 6.45) is 18.4. The topological polar surface area (TPSA) is 41.6 Å². The fraction of sp³-hybridized carbons (Fsp3) is 0.545. The Hall–Kier alpha value is -1.63. The Morgan fingerprint density at radius 1 is 0.925 bits per heavy atom. The number of nitrogens with zero attached hydrogens (tertiary/aromatic N) is 1. The second kappa shape index (κ2) is 20.3. The number of thioether (sulfide) groups is 1. The SMILES string of the molecule is Br.CCCCCCCCCCCCCCOc1ccc(CC(=O)Nc2ccc(CN3C=C(C)SC3)cc2)c(Cl)c1. The summed E-state index contributed by atoms with van der Waals surface area (Å²) in [7, 11) is 0. The molecule has 0 saturated carbocycles. The molecule has 2 aromatic rings. The molecule has 0 atom stereocenters. The Kier molecular flexibility index (Phi) is 17.5. The lowest BCUT2D eigenvalue weighted by molar-refractivity contribution is -0.115. The van der Waals surface area contributed by atoms with Gasteiger partial charge in [-0.3, -0.25) is 4.79 Å². The van der Waals surface area contributed by atoms with Gasteiger partial charge in [0.25, 0.3) is 0 Å². The number of carbonyl (C=O) groups excluding carboxylic acids is 1. The standard InChI is InChI=1S/C33H47ClN2O2S.BrH/c1-3-4-5-6-7-8-9-10-11-12-13-14-21-38-31-20-17-29(32(34)23-31)22-33(37)35-30-18-15-28(16-19-30)25-36-24-27(2)39-26-36;/h15-20,23-24H,3-14,21-22,25-26H2,1-2H3,(H,35,37);1H. The average molecular weight is 652 g/mol. The van der Waals surface area contributed by atoms with Crippen molar-refractivity contribution >= 4 is 51.9 Å². The first-order valence-corrected chi connectivity index (χ1v) is 16.2. The number of unbranched alkanes of at least 4 members (excludes halogenated alkanes) is 11. The van der Waals surface area contributed by atoms with E-state index in [1.165, 1.54) is 81.1 Å². The molecule has 1 aliphatic rings. The molecule has 0 spiro atoms. The molecule has 1 N–H and O–H groups in total. The molecule has 2 aromatic carbocycles. The number of rotatable bonds is 19. The summed E-state index contributed by atoms with van der Waals surface area (Å²) < 4.78 is 5.91. The Morgan fingerprint density at radius 2 is 1.55 bits per heavy atom. The van der Waals surface area contributed by atoms with Crippen LogP contribution in [0.5, 0.6) is 5.75 Å². The van der Waals surface area contributed by atoms with Crippen LogP contribution in [-0.2, 0) is 17.8 Å². The van der Waals surface area contributed by atoms with Crippen molar-refractivity contribution in [2.24, 2.45) is 0 Å². The van der Waals surface area contributed by atoms with E-state index in [2.05, 4.69) is 42.4 Å². The molecule has 0 aliphatic carbocycles. The van der Waals surface area contributed by atoms with E-state index < -0.39 is 0 Å². The number of benzene rings is 2. The third-order valence-corrected chi connectivity index (χ3v) is 8.46. The molecule has 1 heterocycles. The molecule has 3 rings (SSSR count). The highest BCUT2D eigenvalue weighted by molar-refractivity contribution is 8.93. The third-order valence-electron chi connectivity index (χ3n) is 7.09. The van der Waals surface area contributed by atoms with Gasteiger partial charge in [0.2, 0.25) is 5.91 Å². The lowest BCUT2D eigenvalue weighted by Gasteiger charge is -2.15. The first-order valence-electron chi connectivity index (χ1n) is 14.9. The predicted octanol–water partition coefficient (Wildman–Crippen LogP) is 10.5. The van der Waals surface area contributed by atoms with Crippen LogP contribution in [0.1, 0.15) is 102 Å². The average Bonchev–Trinajstić information content (AvgIpc) is 3.33. The summed E-state index contributed by atoms with van der Waals surface area (Å²) in [5.74, 6) is 1.68. The molecule has 0 saturated heterocycles. The number of amides is 1. The molecule has 0 bridgehead atoms. The number of halogens is 2. The fourth-order valence-corrected chi connectivity index (χ4v) is 5.80. The van der Waals surface area contributed by atoms with Gasteiger partial charge in [0, 0.05) is 23.5 Å². The maximum absolute atomic E-state index is 12.6. The maximum Gasteiger partial charge on any atom is 0.228 e. The zero-order chi connectivity index (χ0) is 27.7. The Balaban J connectivity index is 0.00000560. The first kappa shape index (κ1) is 34.6. The van der Waals surface area contributed by atoms with Gasteiger partial charge in [-0.05, 0) is 53.6 Å². The second-order valence-electron chi connectivity index (χ2n) is 10.7. The minimum absolute atomic E-state index is 0. The van der Waals surface area contributed by atoms with Crippen LogP contribution in [0.4, 0.5) is 5.69 Å². The molecular formula is C33H48BrClN2O2S. The van der Waals surface area contributed by atoms with Gasteiger partial charge >= 0.3 is 0 Å². The van der Waals surface area contributed by atoms with E-state index in [4.69, 9.17) is 16.3 Å². The largest absolute Gasteiger partial charge is 0.494 e. The molecule has 0 unspecified atom stereocenters. The van der Waals surface area contributed by atoms with E-state index >= 15 is 0 Å². The summed E-state index contributed by atoms with van der Waals surface area (Å²) in [6, 6.07) is 13.7. The summed E-state index contributed by atoms with van der Waals surface area (Å²) >= 11 is 8.34. The van der Waals surface area contributed by atoms with Gasteiger partial charge in [-0.15, -0.1) is 28.7 Å². The van der Waals surface area contributed by atoms with Gasteiger partial charge in [-0.2, -0.15) is 0 Å². The minimum atomic E-state index is -0.0793. The lowest BCUT2D eigenvalue weighted by Crippen LogP contribution is -2.15. The first-order chi connectivity index (χ1) is 19.0. The fourth-order valence-electron chi connectivity index (χ4n) is 4.81. The van der Waals surface area contributed by atoms with Gasteiger partial charge in [-0.25, -0.2) is 0 Å². The number of hydrogen-bond donors (Lipinski definition) is 1. The molecule has 0 aromatic heterocycles. The third kappa shape index (κ3) is 13.8.